The third-order valence-electron chi connectivity index (χ3n) is 7.56. The number of hydroxylamine groups is 1. The lowest BCUT2D eigenvalue weighted by molar-refractivity contribution is -0.142. The number of amides is 5. The summed E-state index contributed by atoms with van der Waals surface area (Å²) in [7, 11) is -2.61. The van der Waals surface area contributed by atoms with Gasteiger partial charge in [-0.05, 0) is 55.0 Å². The van der Waals surface area contributed by atoms with Crippen molar-refractivity contribution in [3.05, 3.63) is 65.2 Å². The fraction of sp³-hybridized carbons (Fsp3) is 0.452. The van der Waals surface area contributed by atoms with Gasteiger partial charge >= 0.3 is 0 Å². The number of carbonyl (C=O) groups excluding carboxylic acids is 5. The standard InChI is InChI=1S/C31H40N4O10S/c1-19(2)16-24(25(28(37)34-41)18-35-30(39)22-8-4-5-9-23(22)31(35)40)27(36)33-26(29(38)32-3)17-20-10-12-21(13-11-20)45-14-6-7-15-46(42,43)44/h4-5,8-13,19,24-26,41H,6-7,14-18H2,1-3H3,(H,32,38)(H,33,36)(H,34,37)(H,42,43,44)/t24-,25?,26+/m1/s1. The zero-order valence-electron chi connectivity index (χ0n) is 25.9. The molecule has 5 amide bonds. The number of nitrogens with one attached hydrogen (secondary N) is 3. The van der Waals surface area contributed by atoms with Crippen molar-refractivity contribution in [2.45, 2.75) is 45.6 Å². The minimum atomic E-state index is -4.03. The number of hydrogen-bond donors (Lipinski definition) is 5. The molecular formula is C31H40N4O10S. The number of rotatable bonds is 17. The molecule has 0 radical (unpaired) electrons. The van der Waals surface area contributed by atoms with Crippen molar-refractivity contribution in [1.82, 2.24) is 21.0 Å². The minimum Gasteiger partial charge on any atom is -0.494 e. The molecule has 5 N–H and O–H groups in total. The molecule has 2 aromatic rings. The maximum absolute atomic E-state index is 13.8. The first kappa shape index (κ1) is 36.1. The molecule has 0 spiro atoms. The van der Waals surface area contributed by atoms with Crippen LogP contribution < -0.4 is 20.9 Å². The molecule has 0 aromatic heterocycles. The lowest BCUT2D eigenvalue weighted by atomic mass is 9.83. The maximum Gasteiger partial charge on any atom is 0.264 e. The molecule has 14 nitrogen and oxygen atoms in total. The highest BCUT2D eigenvalue weighted by atomic mass is 32.2. The van der Waals surface area contributed by atoms with E-state index in [0.717, 1.165) is 4.90 Å². The van der Waals surface area contributed by atoms with Crippen molar-refractivity contribution in [3.8, 4) is 5.75 Å². The van der Waals surface area contributed by atoms with Crippen LogP contribution in [0.25, 0.3) is 0 Å². The topological polar surface area (TPSA) is 209 Å². The smallest absolute Gasteiger partial charge is 0.264 e. The van der Waals surface area contributed by atoms with E-state index >= 15 is 0 Å². The Kier molecular flexibility index (Phi) is 12.8. The van der Waals surface area contributed by atoms with Crippen molar-refractivity contribution in [2.24, 2.45) is 17.8 Å². The van der Waals surface area contributed by atoms with Crippen LogP contribution in [-0.2, 0) is 30.9 Å². The Morgan fingerprint density at radius 3 is 2.02 bits per heavy atom. The fourth-order valence-electron chi connectivity index (χ4n) is 5.24. The molecule has 250 valence electrons. The van der Waals surface area contributed by atoms with Crippen LogP contribution in [0.3, 0.4) is 0 Å². The largest absolute Gasteiger partial charge is 0.494 e. The summed E-state index contributed by atoms with van der Waals surface area (Å²) in [5, 5.41) is 14.8. The summed E-state index contributed by atoms with van der Waals surface area (Å²) >= 11 is 0. The van der Waals surface area contributed by atoms with Gasteiger partial charge in [0.15, 0.2) is 0 Å². The Bertz CT molecular complexity index is 1490. The van der Waals surface area contributed by atoms with E-state index in [0.29, 0.717) is 17.7 Å². The van der Waals surface area contributed by atoms with Crippen LogP contribution in [0.1, 0.15) is 59.4 Å². The quantitative estimate of drug-likeness (QED) is 0.0544. The molecule has 0 bridgehead atoms. The summed E-state index contributed by atoms with van der Waals surface area (Å²) in [6.45, 7) is 3.41. The number of hydrogen-bond acceptors (Lipinski definition) is 9. The minimum absolute atomic E-state index is 0.0731. The zero-order valence-corrected chi connectivity index (χ0v) is 26.7. The first-order valence-corrected chi connectivity index (χ1v) is 16.4. The molecule has 1 heterocycles. The summed E-state index contributed by atoms with van der Waals surface area (Å²) in [5.74, 6) is -5.78. The van der Waals surface area contributed by atoms with E-state index in [1.807, 2.05) is 13.8 Å². The molecule has 3 rings (SSSR count). The Morgan fingerprint density at radius 1 is 0.891 bits per heavy atom. The van der Waals surface area contributed by atoms with E-state index < -0.39 is 64.1 Å². The van der Waals surface area contributed by atoms with Crippen molar-refractivity contribution < 1.29 is 46.9 Å². The molecule has 2 aromatic carbocycles. The number of carbonyl (C=O) groups is 5. The second kappa shape index (κ2) is 16.3. The molecule has 0 aliphatic carbocycles. The zero-order chi connectivity index (χ0) is 34.0. The second-order valence-corrected chi connectivity index (χ2v) is 13.0. The SMILES string of the molecule is CNC(=O)[C@H](Cc1ccc(OCCCCS(=O)(=O)O)cc1)NC(=O)[C@H](CC(C)C)C(CN1C(=O)c2ccccc2C1=O)C(=O)NO. The fourth-order valence-corrected chi connectivity index (χ4v) is 5.80. The van der Waals surface area contributed by atoms with Gasteiger partial charge in [0.25, 0.3) is 21.9 Å². The molecule has 0 saturated carbocycles. The van der Waals surface area contributed by atoms with Gasteiger partial charge in [-0.3, -0.25) is 38.6 Å². The van der Waals surface area contributed by atoms with E-state index in [1.54, 1.807) is 41.9 Å². The van der Waals surface area contributed by atoms with Gasteiger partial charge < -0.3 is 15.4 Å². The van der Waals surface area contributed by atoms with Crippen LogP contribution >= 0.6 is 0 Å². The summed E-state index contributed by atoms with van der Waals surface area (Å²) < 4.78 is 36.1. The molecule has 1 unspecified atom stereocenters. The van der Waals surface area contributed by atoms with Gasteiger partial charge in [0.2, 0.25) is 17.7 Å². The van der Waals surface area contributed by atoms with Crippen LogP contribution in [0, 0.1) is 17.8 Å². The molecule has 0 fully saturated rings. The van der Waals surface area contributed by atoms with Crippen molar-refractivity contribution in [3.63, 3.8) is 0 Å². The van der Waals surface area contributed by atoms with Crippen molar-refractivity contribution >= 4 is 39.7 Å². The van der Waals surface area contributed by atoms with Gasteiger partial charge in [-0.15, -0.1) is 0 Å². The van der Waals surface area contributed by atoms with Crippen LogP contribution in [0.2, 0.25) is 0 Å². The van der Waals surface area contributed by atoms with E-state index in [9.17, 15) is 37.6 Å². The Labute approximate surface area is 267 Å². The average Bonchev–Trinajstić information content (AvgIpc) is 3.26. The maximum atomic E-state index is 13.8. The Balaban J connectivity index is 1.75. The molecule has 0 saturated heterocycles. The van der Waals surface area contributed by atoms with Gasteiger partial charge in [-0.25, -0.2) is 5.48 Å². The lowest BCUT2D eigenvalue weighted by Gasteiger charge is -2.30. The summed E-state index contributed by atoms with van der Waals surface area (Å²) in [6, 6.07) is 11.9. The van der Waals surface area contributed by atoms with Crippen LogP contribution in [0.4, 0.5) is 0 Å². The highest BCUT2D eigenvalue weighted by Gasteiger charge is 2.42. The molecule has 15 heteroatoms. The molecule has 46 heavy (non-hydrogen) atoms. The van der Waals surface area contributed by atoms with Gasteiger partial charge in [-0.1, -0.05) is 38.1 Å². The van der Waals surface area contributed by atoms with E-state index in [2.05, 4.69) is 10.6 Å². The van der Waals surface area contributed by atoms with Gasteiger partial charge in [0, 0.05) is 20.0 Å². The number of ether oxygens (including phenoxy) is 1. The first-order valence-electron chi connectivity index (χ1n) is 14.8. The average molecular weight is 661 g/mol. The summed E-state index contributed by atoms with van der Waals surface area (Å²) in [5.41, 5.74) is 2.58. The third-order valence-corrected chi connectivity index (χ3v) is 8.36. The predicted molar refractivity (Wildman–Crippen MR) is 165 cm³/mol. The van der Waals surface area contributed by atoms with Gasteiger partial charge in [0.1, 0.15) is 11.8 Å². The first-order chi connectivity index (χ1) is 21.7. The number of benzene rings is 2. The number of likely N-dealkylation sites (N-methyl/N-ethyl adjacent to an activating group) is 1. The van der Waals surface area contributed by atoms with Gasteiger partial charge in [0.05, 0.1) is 35.3 Å². The molecule has 1 aliphatic rings. The lowest BCUT2D eigenvalue weighted by Crippen LogP contribution is -2.53. The molecule has 1 aliphatic heterocycles. The number of unbranched alkanes of at least 4 members (excludes halogenated alkanes) is 1. The van der Waals surface area contributed by atoms with Crippen LogP contribution in [-0.4, -0.2) is 84.6 Å². The monoisotopic (exact) mass is 660 g/mol. The van der Waals surface area contributed by atoms with Crippen molar-refractivity contribution in [2.75, 3.05) is 26.0 Å². The highest BCUT2D eigenvalue weighted by Crippen LogP contribution is 2.28. The Hall–Kier alpha value is -4.34. The number of imide groups is 1. The normalized spacial score (nSPS) is 14.8. The van der Waals surface area contributed by atoms with Crippen LogP contribution in [0.15, 0.2) is 48.5 Å². The van der Waals surface area contributed by atoms with E-state index in [-0.39, 0.29) is 48.7 Å². The van der Waals surface area contributed by atoms with Crippen molar-refractivity contribution in [1.29, 1.82) is 0 Å². The Morgan fingerprint density at radius 2 is 1.50 bits per heavy atom. The van der Waals surface area contributed by atoms with E-state index in [1.165, 1.54) is 19.2 Å². The third kappa shape index (κ3) is 9.83. The highest BCUT2D eigenvalue weighted by molar-refractivity contribution is 7.85. The number of nitrogens with zero attached hydrogens (tertiary/aromatic N) is 1. The summed E-state index contributed by atoms with van der Waals surface area (Å²) in [4.78, 5) is 66.6. The van der Waals surface area contributed by atoms with E-state index in [4.69, 9.17) is 9.29 Å². The predicted octanol–water partition coefficient (Wildman–Crippen LogP) is 1.59. The molecule has 3 atom stereocenters. The second-order valence-electron chi connectivity index (χ2n) is 11.5. The van der Waals surface area contributed by atoms with Crippen LogP contribution in [0.5, 0.6) is 5.75 Å². The summed E-state index contributed by atoms with van der Waals surface area (Å²) in [6.07, 6.45) is 0.862. The number of fused-ring (bicyclic) bond motifs is 1. The molecular weight excluding hydrogens is 620 g/mol. The van der Waals surface area contributed by atoms with Gasteiger partial charge in [-0.2, -0.15) is 8.42 Å².